The molecule has 0 atom stereocenters. The minimum Gasteiger partial charge on any atom is -0.378 e. The molecule has 0 heterocycles. The molecule has 0 radical (unpaired) electrons. The Kier molecular flexibility index (Phi) is 7.22. The standard InChI is InChI=1S/C22H14BrN3O6S/c23-19-9-2-3-10-20(19)25-22(27)16(14-24)12-15-6-1-4-11-21(15)32-33(30,31)18-8-5-7-17(13-18)26(28)29/h1-13H,(H,25,27)/b16-12+. The van der Waals surface area contributed by atoms with Crippen molar-refractivity contribution in [2.75, 3.05) is 5.32 Å². The zero-order chi connectivity index (χ0) is 24.0. The van der Waals surface area contributed by atoms with Gasteiger partial charge in [0.15, 0.2) is 0 Å². The van der Waals surface area contributed by atoms with Crippen molar-refractivity contribution in [3.63, 3.8) is 0 Å². The summed E-state index contributed by atoms with van der Waals surface area (Å²) in [5.74, 6) is -0.869. The van der Waals surface area contributed by atoms with E-state index in [2.05, 4.69) is 21.2 Å². The van der Waals surface area contributed by atoms with E-state index in [0.29, 0.717) is 10.2 Å². The number of nitro groups is 1. The lowest BCUT2D eigenvalue weighted by molar-refractivity contribution is -0.385. The molecular weight excluding hydrogens is 514 g/mol. The molecule has 11 heteroatoms. The predicted molar refractivity (Wildman–Crippen MR) is 124 cm³/mol. The maximum Gasteiger partial charge on any atom is 0.339 e. The zero-order valence-electron chi connectivity index (χ0n) is 16.6. The summed E-state index contributed by atoms with van der Waals surface area (Å²) in [5, 5.41) is 23.0. The van der Waals surface area contributed by atoms with Crippen LogP contribution < -0.4 is 9.50 Å². The van der Waals surface area contributed by atoms with E-state index < -0.39 is 31.5 Å². The van der Waals surface area contributed by atoms with Crippen LogP contribution in [0.5, 0.6) is 5.75 Å². The molecule has 0 unspecified atom stereocenters. The summed E-state index contributed by atoms with van der Waals surface area (Å²) in [6, 6.07) is 18.9. The highest BCUT2D eigenvalue weighted by Gasteiger charge is 2.21. The molecule has 0 aliphatic rings. The molecule has 33 heavy (non-hydrogen) atoms. The van der Waals surface area contributed by atoms with E-state index in [1.165, 1.54) is 30.3 Å². The van der Waals surface area contributed by atoms with Crippen molar-refractivity contribution in [2.45, 2.75) is 4.90 Å². The van der Waals surface area contributed by atoms with Gasteiger partial charge in [0.2, 0.25) is 0 Å². The largest absolute Gasteiger partial charge is 0.378 e. The molecule has 9 nitrogen and oxygen atoms in total. The quantitative estimate of drug-likeness (QED) is 0.155. The summed E-state index contributed by atoms with van der Waals surface area (Å²) in [5.41, 5.74) is -0.121. The van der Waals surface area contributed by atoms with Gasteiger partial charge in [-0.15, -0.1) is 0 Å². The number of rotatable bonds is 7. The van der Waals surface area contributed by atoms with Gasteiger partial charge in [0.25, 0.3) is 11.6 Å². The lowest BCUT2D eigenvalue weighted by Gasteiger charge is -2.10. The molecule has 0 aliphatic heterocycles. The smallest absolute Gasteiger partial charge is 0.339 e. The third kappa shape index (κ3) is 5.82. The number of nitro benzene ring substituents is 1. The van der Waals surface area contributed by atoms with Crippen molar-refractivity contribution in [3.05, 3.63) is 98.5 Å². The molecule has 3 aromatic carbocycles. The lowest BCUT2D eigenvalue weighted by atomic mass is 10.1. The molecule has 1 N–H and O–H groups in total. The Morgan fingerprint density at radius 2 is 1.79 bits per heavy atom. The number of benzene rings is 3. The maximum atomic E-state index is 12.7. The van der Waals surface area contributed by atoms with Crippen LogP contribution in [0, 0.1) is 21.4 Å². The van der Waals surface area contributed by atoms with Gasteiger partial charge in [-0.2, -0.15) is 13.7 Å². The van der Waals surface area contributed by atoms with E-state index in [1.807, 2.05) is 0 Å². The maximum absolute atomic E-state index is 12.7. The van der Waals surface area contributed by atoms with E-state index in [1.54, 1.807) is 36.4 Å². The van der Waals surface area contributed by atoms with Crippen LogP contribution in [0.4, 0.5) is 11.4 Å². The number of carbonyl (C=O) groups excluding carboxylic acids is 1. The third-order valence-electron chi connectivity index (χ3n) is 4.22. The molecule has 3 aromatic rings. The van der Waals surface area contributed by atoms with Crippen LogP contribution in [0.15, 0.2) is 87.7 Å². The fourth-order valence-corrected chi connectivity index (χ4v) is 4.03. The average Bonchev–Trinajstić information content (AvgIpc) is 2.79. The highest BCUT2D eigenvalue weighted by Crippen LogP contribution is 2.27. The molecule has 0 aromatic heterocycles. The number of nitrogens with one attached hydrogen (secondary N) is 1. The summed E-state index contributed by atoms with van der Waals surface area (Å²) in [7, 11) is -4.43. The van der Waals surface area contributed by atoms with Crippen LogP contribution in [0.3, 0.4) is 0 Å². The Morgan fingerprint density at radius 1 is 1.09 bits per heavy atom. The van der Waals surface area contributed by atoms with Crippen LogP contribution in [0.25, 0.3) is 6.08 Å². The number of non-ortho nitro benzene ring substituents is 1. The Balaban J connectivity index is 1.92. The number of nitrogens with zero attached hydrogens (tertiary/aromatic N) is 2. The van der Waals surface area contributed by atoms with Crippen molar-refractivity contribution in [2.24, 2.45) is 0 Å². The van der Waals surface area contributed by atoms with Gasteiger partial charge in [-0.1, -0.05) is 36.4 Å². The number of nitriles is 1. The number of carbonyl (C=O) groups is 1. The van der Waals surface area contributed by atoms with Crippen LogP contribution in [-0.2, 0) is 14.9 Å². The minimum atomic E-state index is -4.43. The highest BCUT2D eigenvalue weighted by atomic mass is 79.9. The number of anilines is 1. The molecule has 0 bridgehead atoms. The first-order valence-corrected chi connectivity index (χ1v) is 11.4. The van der Waals surface area contributed by atoms with Gasteiger partial charge in [-0.05, 0) is 46.3 Å². The van der Waals surface area contributed by atoms with E-state index in [0.717, 1.165) is 18.2 Å². The summed E-state index contributed by atoms with van der Waals surface area (Å²) in [6.45, 7) is 0. The second-order valence-electron chi connectivity index (χ2n) is 6.43. The fraction of sp³-hybridized carbons (Fsp3) is 0. The number of hydrogen-bond donors (Lipinski definition) is 1. The minimum absolute atomic E-state index is 0.144. The van der Waals surface area contributed by atoms with Crippen molar-refractivity contribution < 1.29 is 22.3 Å². The van der Waals surface area contributed by atoms with E-state index in [4.69, 9.17) is 4.18 Å². The van der Waals surface area contributed by atoms with Crippen LogP contribution in [0.1, 0.15) is 5.56 Å². The SMILES string of the molecule is N#C/C(=C\c1ccccc1OS(=O)(=O)c1cccc([N+](=O)[O-])c1)C(=O)Nc1ccccc1Br. The van der Waals surface area contributed by atoms with E-state index in [-0.39, 0.29) is 16.9 Å². The third-order valence-corrected chi connectivity index (χ3v) is 6.14. The first-order valence-electron chi connectivity index (χ1n) is 9.17. The highest BCUT2D eigenvalue weighted by molar-refractivity contribution is 9.10. The van der Waals surface area contributed by atoms with E-state index >= 15 is 0 Å². The fourth-order valence-electron chi connectivity index (χ4n) is 2.65. The summed E-state index contributed by atoms with van der Waals surface area (Å²) < 4.78 is 31.1. The summed E-state index contributed by atoms with van der Waals surface area (Å²) >= 11 is 3.30. The second-order valence-corrected chi connectivity index (χ2v) is 8.83. The predicted octanol–water partition coefficient (Wildman–Crippen LogP) is 4.67. The molecule has 0 saturated carbocycles. The monoisotopic (exact) mass is 527 g/mol. The van der Waals surface area contributed by atoms with Gasteiger partial charge in [-0.3, -0.25) is 14.9 Å². The molecule has 0 fully saturated rings. The Morgan fingerprint density at radius 3 is 2.48 bits per heavy atom. The Labute approximate surface area is 197 Å². The molecular formula is C22H14BrN3O6S. The van der Waals surface area contributed by atoms with Crippen LogP contribution in [0.2, 0.25) is 0 Å². The second kappa shape index (κ2) is 10.1. The number of para-hydroxylation sites is 2. The van der Waals surface area contributed by atoms with Crippen molar-refractivity contribution in [3.8, 4) is 11.8 Å². The molecule has 0 aliphatic carbocycles. The normalized spacial score (nSPS) is 11.3. The molecule has 166 valence electrons. The summed E-state index contributed by atoms with van der Waals surface area (Å²) in [4.78, 5) is 22.4. The number of amides is 1. The molecule has 3 rings (SSSR count). The van der Waals surface area contributed by atoms with Crippen LogP contribution >= 0.6 is 15.9 Å². The number of hydrogen-bond acceptors (Lipinski definition) is 7. The topological polar surface area (TPSA) is 139 Å². The van der Waals surface area contributed by atoms with Gasteiger partial charge in [0.1, 0.15) is 22.3 Å². The van der Waals surface area contributed by atoms with Gasteiger partial charge in [0, 0.05) is 22.2 Å². The van der Waals surface area contributed by atoms with Crippen molar-refractivity contribution in [1.29, 1.82) is 5.26 Å². The van der Waals surface area contributed by atoms with Crippen molar-refractivity contribution in [1.82, 2.24) is 0 Å². The average molecular weight is 528 g/mol. The number of halogens is 1. The first-order chi connectivity index (χ1) is 15.7. The van der Waals surface area contributed by atoms with Gasteiger partial charge >= 0.3 is 10.1 Å². The Hall–Kier alpha value is -4.01. The first kappa shape index (κ1) is 23.6. The zero-order valence-corrected chi connectivity index (χ0v) is 19.0. The molecule has 0 spiro atoms. The van der Waals surface area contributed by atoms with Gasteiger partial charge in [0.05, 0.1) is 10.6 Å². The lowest BCUT2D eigenvalue weighted by Crippen LogP contribution is -2.14. The molecule has 0 saturated heterocycles. The molecule has 1 amide bonds. The Bertz CT molecular complexity index is 1410. The van der Waals surface area contributed by atoms with Gasteiger partial charge in [-0.25, -0.2) is 0 Å². The van der Waals surface area contributed by atoms with Gasteiger partial charge < -0.3 is 9.50 Å². The van der Waals surface area contributed by atoms with Crippen LogP contribution in [-0.4, -0.2) is 19.2 Å². The summed E-state index contributed by atoms with van der Waals surface area (Å²) in [6.07, 6.45) is 1.18. The van der Waals surface area contributed by atoms with E-state index in [9.17, 15) is 28.6 Å². The van der Waals surface area contributed by atoms with Crippen molar-refractivity contribution >= 4 is 49.4 Å².